The van der Waals surface area contributed by atoms with Gasteiger partial charge in [0, 0.05) is 7.05 Å². The van der Waals surface area contributed by atoms with Crippen LogP contribution in [-0.4, -0.2) is 23.3 Å². The molecule has 0 atom stereocenters. The minimum absolute atomic E-state index is 0.474. The monoisotopic (exact) mass is 199 g/mol. The summed E-state index contributed by atoms with van der Waals surface area (Å²) in [4.78, 5) is 0. The highest BCUT2D eigenvalue weighted by Crippen LogP contribution is 2.24. The SMILES string of the molecule is CNc1nnc(COC2CCC2)s1. The summed E-state index contributed by atoms with van der Waals surface area (Å²) < 4.78 is 5.60. The molecule has 1 aromatic heterocycles. The van der Waals surface area contributed by atoms with Crippen LogP contribution >= 0.6 is 11.3 Å². The maximum absolute atomic E-state index is 5.60. The molecule has 0 saturated heterocycles. The van der Waals surface area contributed by atoms with Crippen LogP contribution in [0.4, 0.5) is 5.13 Å². The molecule has 0 amide bonds. The fraction of sp³-hybridized carbons (Fsp3) is 0.750. The number of hydrogen-bond donors (Lipinski definition) is 1. The molecule has 0 spiro atoms. The summed E-state index contributed by atoms with van der Waals surface area (Å²) in [6, 6.07) is 0. The van der Waals surface area contributed by atoms with Crippen molar-refractivity contribution < 1.29 is 4.74 Å². The number of rotatable bonds is 4. The number of anilines is 1. The summed E-state index contributed by atoms with van der Waals surface area (Å²) >= 11 is 1.55. The zero-order chi connectivity index (χ0) is 9.10. The average molecular weight is 199 g/mol. The number of ether oxygens (including phenoxy) is 1. The second-order valence-electron chi connectivity index (χ2n) is 3.11. The first-order chi connectivity index (χ1) is 6.38. The van der Waals surface area contributed by atoms with E-state index in [1.807, 2.05) is 7.05 Å². The minimum atomic E-state index is 0.474. The normalized spacial score (nSPS) is 17.0. The molecule has 1 fully saturated rings. The van der Waals surface area contributed by atoms with Crippen LogP contribution in [0.3, 0.4) is 0 Å². The van der Waals surface area contributed by atoms with Gasteiger partial charge in [-0.05, 0) is 19.3 Å². The van der Waals surface area contributed by atoms with E-state index in [0.717, 1.165) is 10.1 Å². The molecule has 13 heavy (non-hydrogen) atoms. The maximum atomic E-state index is 5.60. The van der Waals surface area contributed by atoms with Gasteiger partial charge in [0.1, 0.15) is 11.6 Å². The molecule has 1 saturated carbocycles. The predicted molar refractivity (Wildman–Crippen MR) is 51.9 cm³/mol. The lowest BCUT2D eigenvalue weighted by atomic mass is 9.96. The Balaban J connectivity index is 1.79. The van der Waals surface area contributed by atoms with Crippen LogP contribution in [-0.2, 0) is 11.3 Å². The summed E-state index contributed by atoms with van der Waals surface area (Å²) in [6.07, 6.45) is 4.19. The molecule has 0 aliphatic heterocycles. The Morgan fingerprint density at radius 1 is 1.54 bits per heavy atom. The van der Waals surface area contributed by atoms with Crippen LogP contribution in [0, 0.1) is 0 Å². The molecule has 0 radical (unpaired) electrons. The summed E-state index contributed by atoms with van der Waals surface area (Å²) in [6.45, 7) is 0.615. The van der Waals surface area contributed by atoms with Crippen molar-refractivity contribution in [2.45, 2.75) is 32.0 Å². The van der Waals surface area contributed by atoms with Gasteiger partial charge in [-0.3, -0.25) is 0 Å². The summed E-state index contributed by atoms with van der Waals surface area (Å²) in [5.41, 5.74) is 0. The topological polar surface area (TPSA) is 47.0 Å². The van der Waals surface area contributed by atoms with Crippen molar-refractivity contribution >= 4 is 16.5 Å². The van der Waals surface area contributed by atoms with Crippen LogP contribution in [0.25, 0.3) is 0 Å². The van der Waals surface area contributed by atoms with Gasteiger partial charge in [-0.1, -0.05) is 11.3 Å². The zero-order valence-corrected chi connectivity index (χ0v) is 8.43. The lowest BCUT2D eigenvalue weighted by molar-refractivity contribution is -0.00892. The second kappa shape index (κ2) is 4.02. The second-order valence-corrected chi connectivity index (χ2v) is 4.18. The molecule has 1 heterocycles. The standard InChI is InChI=1S/C8H13N3OS/c1-9-8-11-10-7(13-8)5-12-6-3-2-4-6/h6H,2-5H2,1H3,(H,9,11). The lowest BCUT2D eigenvalue weighted by Crippen LogP contribution is -2.21. The van der Waals surface area contributed by atoms with E-state index in [9.17, 15) is 0 Å². The van der Waals surface area contributed by atoms with Gasteiger partial charge in [0.2, 0.25) is 5.13 Å². The van der Waals surface area contributed by atoms with Crippen LogP contribution in [0.5, 0.6) is 0 Å². The van der Waals surface area contributed by atoms with E-state index in [0.29, 0.717) is 12.7 Å². The Kier molecular flexibility index (Phi) is 2.75. The fourth-order valence-corrected chi connectivity index (χ4v) is 1.76. The van der Waals surface area contributed by atoms with E-state index in [1.165, 1.54) is 19.3 Å². The fourth-order valence-electron chi connectivity index (χ4n) is 1.14. The first-order valence-electron chi connectivity index (χ1n) is 4.50. The number of nitrogens with zero attached hydrogens (tertiary/aromatic N) is 2. The van der Waals surface area contributed by atoms with E-state index in [2.05, 4.69) is 15.5 Å². The van der Waals surface area contributed by atoms with Crippen LogP contribution < -0.4 is 5.32 Å². The third-order valence-electron chi connectivity index (χ3n) is 2.18. The van der Waals surface area contributed by atoms with E-state index < -0.39 is 0 Å². The van der Waals surface area contributed by atoms with Crippen molar-refractivity contribution in [2.75, 3.05) is 12.4 Å². The van der Waals surface area contributed by atoms with Crippen LogP contribution in [0.15, 0.2) is 0 Å². The average Bonchev–Trinajstić information content (AvgIpc) is 2.49. The molecule has 4 nitrogen and oxygen atoms in total. The first-order valence-corrected chi connectivity index (χ1v) is 5.32. The third-order valence-corrected chi connectivity index (χ3v) is 3.09. The van der Waals surface area contributed by atoms with Gasteiger partial charge in [-0.15, -0.1) is 10.2 Å². The molecule has 72 valence electrons. The molecule has 5 heteroatoms. The Morgan fingerprint density at radius 2 is 2.38 bits per heavy atom. The third kappa shape index (κ3) is 2.16. The van der Waals surface area contributed by atoms with E-state index in [1.54, 1.807) is 11.3 Å². The van der Waals surface area contributed by atoms with Crippen molar-refractivity contribution in [3.05, 3.63) is 5.01 Å². The molecule has 1 aliphatic rings. The Morgan fingerprint density at radius 3 is 2.92 bits per heavy atom. The van der Waals surface area contributed by atoms with Crippen molar-refractivity contribution in [3.8, 4) is 0 Å². The van der Waals surface area contributed by atoms with Crippen molar-refractivity contribution in [3.63, 3.8) is 0 Å². The van der Waals surface area contributed by atoms with Crippen LogP contribution in [0.1, 0.15) is 24.3 Å². The highest BCUT2D eigenvalue weighted by molar-refractivity contribution is 7.15. The van der Waals surface area contributed by atoms with Gasteiger partial charge < -0.3 is 10.1 Å². The Labute approximate surface area is 81.3 Å². The molecule has 1 aliphatic carbocycles. The van der Waals surface area contributed by atoms with Crippen LogP contribution in [0.2, 0.25) is 0 Å². The molecule has 0 unspecified atom stereocenters. The first kappa shape index (κ1) is 8.90. The number of hydrogen-bond acceptors (Lipinski definition) is 5. The Bertz CT molecular complexity index is 272. The van der Waals surface area contributed by atoms with Gasteiger partial charge in [-0.25, -0.2) is 0 Å². The molecular formula is C8H13N3OS. The number of nitrogens with one attached hydrogen (secondary N) is 1. The molecule has 0 bridgehead atoms. The van der Waals surface area contributed by atoms with Crippen molar-refractivity contribution in [1.29, 1.82) is 0 Å². The van der Waals surface area contributed by atoms with Crippen molar-refractivity contribution in [1.82, 2.24) is 10.2 Å². The van der Waals surface area contributed by atoms with Gasteiger partial charge >= 0.3 is 0 Å². The van der Waals surface area contributed by atoms with Gasteiger partial charge in [0.15, 0.2) is 0 Å². The molecule has 0 aromatic carbocycles. The predicted octanol–water partition coefficient (Wildman–Crippen LogP) is 1.65. The zero-order valence-electron chi connectivity index (χ0n) is 7.62. The van der Waals surface area contributed by atoms with Gasteiger partial charge in [0.25, 0.3) is 0 Å². The summed E-state index contributed by atoms with van der Waals surface area (Å²) in [5, 5.41) is 12.7. The maximum Gasteiger partial charge on any atom is 0.205 e. The molecular weight excluding hydrogens is 186 g/mol. The Hall–Kier alpha value is -0.680. The largest absolute Gasteiger partial charge is 0.371 e. The smallest absolute Gasteiger partial charge is 0.205 e. The lowest BCUT2D eigenvalue weighted by Gasteiger charge is -2.24. The molecule has 2 rings (SSSR count). The summed E-state index contributed by atoms with van der Waals surface area (Å²) in [7, 11) is 1.84. The van der Waals surface area contributed by atoms with Crippen molar-refractivity contribution in [2.24, 2.45) is 0 Å². The highest BCUT2D eigenvalue weighted by Gasteiger charge is 2.18. The van der Waals surface area contributed by atoms with E-state index >= 15 is 0 Å². The van der Waals surface area contributed by atoms with Gasteiger partial charge in [-0.2, -0.15) is 0 Å². The summed E-state index contributed by atoms with van der Waals surface area (Å²) in [5.74, 6) is 0. The van der Waals surface area contributed by atoms with E-state index in [4.69, 9.17) is 4.74 Å². The van der Waals surface area contributed by atoms with E-state index in [-0.39, 0.29) is 0 Å². The molecule has 1 aromatic rings. The minimum Gasteiger partial charge on any atom is -0.371 e. The van der Waals surface area contributed by atoms with Gasteiger partial charge in [0.05, 0.1) is 6.10 Å². The quantitative estimate of drug-likeness (QED) is 0.801. The highest BCUT2D eigenvalue weighted by atomic mass is 32.1. The number of aromatic nitrogens is 2. The molecule has 1 N–H and O–H groups in total.